The van der Waals surface area contributed by atoms with Crippen LogP contribution in [0.3, 0.4) is 0 Å². The Morgan fingerprint density at radius 3 is 2.41 bits per heavy atom. The van der Waals surface area contributed by atoms with Gasteiger partial charge in [0, 0.05) is 24.4 Å². The van der Waals surface area contributed by atoms with Crippen LogP contribution in [0, 0.1) is 5.82 Å². The van der Waals surface area contributed by atoms with E-state index in [1.165, 1.54) is 24.4 Å². The molecule has 27 heavy (non-hydrogen) atoms. The molecule has 0 fully saturated rings. The number of pyridine rings is 1. The van der Waals surface area contributed by atoms with Crippen LogP contribution in [0.25, 0.3) is 0 Å². The van der Waals surface area contributed by atoms with Crippen LogP contribution >= 0.6 is 0 Å². The van der Waals surface area contributed by atoms with E-state index in [4.69, 9.17) is 0 Å². The second-order valence-electron chi connectivity index (χ2n) is 6.43. The van der Waals surface area contributed by atoms with E-state index in [2.05, 4.69) is 12.2 Å². The first-order valence-electron chi connectivity index (χ1n) is 9.29. The summed E-state index contributed by atoms with van der Waals surface area (Å²) in [5.41, 5.74) is -0.272. The van der Waals surface area contributed by atoms with Crippen LogP contribution in [-0.2, 0) is 4.79 Å². The molecule has 144 valence electrons. The molecule has 0 bridgehead atoms. The Balaban J connectivity index is 2.16. The number of benzene rings is 1. The molecule has 1 aromatic carbocycles. The van der Waals surface area contributed by atoms with Crippen LogP contribution in [0.15, 0.2) is 53.5 Å². The van der Waals surface area contributed by atoms with Crippen molar-refractivity contribution in [1.29, 1.82) is 0 Å². The van der Waals surface area contributed by atoms with Gasteiger partial charge in [-0.05, 0) is 36.8 Å². The highest BCUT2D eigenvalue weighted by Gasteiger charge is 2.29. The number of nitrogens with zero attached hydrogens (tertiary/aromatic N) is 1. The molecule has 2 aromatic rings. The van der Waals surface area contributed by atoms with E-state index < -0.39 is 29.1 Å². The molecule has 1 heterocycles. The minimum absolute atomic E-state index is 0.176. The van der Waals surface area contributed by atoms with Crippen molar-refractivity contribution in [3.63, 3.8) is 0 Å². The van der Waals surface area contributed by atoms with Crippen molar-refractivity contribution in [1.82, 2.24) is 9.88 Å². The van der Waals surface area contributed by atoms with Gasteiger partial charge in [0.1, 0.15) is 5.82 Å². The first kappa shape index (κ1) is 20.6. The van der Waals surface area contributed by atoms with Crippen molar-refractivity contribution < 1.29 is 14.0 Å². The van der Waals surface area contributed by atoms with Gasteiger partial charge in [-0.25, -0.2) is 4.39 Å². The quantitative estimate of drug-likeness (QED) is 0.394. The molecule has 2 rings (SSSR count). The van der Waals surface area contributed by atoms with Gasteiger partial charge < -0.3 is 5.32 Å². The molecule has 0 saturated carbocycles. The smallest absolute Gasteiger partial charge is 0.251 e. The molecule has 0 radical (unpaired) electrons. The average molecular weight is 372 g/mol. The highest BCUT2D eigenvalue weighted by molar-refractivity contribution is 6.11. The zero-order valence-electron chi connectivity index (χ0n) is 15.5. The molecule has 1 amide bonds. The molecule has 1 N–H and O–H groups in total. The Morgan fingerprint density at radius 2 is 1.74 bits per heavy atom. The number of rotatable bonds is 10. The Labute approximate surface area is 158 Å². The monoisotopic (exact) mass is 372 g/mol. The van der Waals surface area contributed by atoms with E-state index >= 15 is 0 Å². The van der Waals surface area contributed by atoms with Gasteiger partial charge in [-0.15, -0.1) is 0 Å². The summed E-state index contributed by atoms with van der Waals surface area (Å²) in [5.74, 6) is -1.56. The van der Waals surface area contributed by atoms with E-state index in [9.17, 15) is 18.8 Å². The number of amides is 1. The number of nitrogens with one attached hydrogen (secondary N) is 1. The predicted octanol–water partition coefficient (Wildman–Crippen LogP) is 3.50. The number of hydrogen-bond donors (Lipinski definition) is 1. The van der Waals surface area contributed by atoms with E-state index in [1.807, 2.05) is 0 Å². The summed E-state index contributed by atoms with van der Waals surface area (Å²) in [4.78, 5) is 37.8. The van der Waals surface area contributed by atoms with E-state index in [0.717, 1.165) is 48.8 Å². The third-order valence-electron chi connectivity index (χ3n) is 4.33. The number of aromatic nitrogens is 1. The lowest BCUT2D eigenvalue weighted by Crippen LogP contribution is -2.41. The van der Waals surface area contributed by atoms with Gasteiger partial charge in [-0.3, -0.25) is 19.0 Å². The fourth-order valence-electron chi connectivity index (χ4n) is 2.83. The summed E-state index contributed by atoms with van der Waals surface area (Å²) >= 11 is 0. The maximum atomic E-state index is 13.1. The summed E-state index contributed by atoms with van der Waals surface area (Å²) in [7, 11) is 0. The van der Waals surface area contributed by atoms with E-state index in [1.54, 1.807) is 12.1 Å². The van der Waals surface area contributed by atoms with Crippen molar-refractivity contribution in [2.75, 3.05) is 6.54 Å². The number of ketones is 1. The Bertz CT molecular complexity index is 815. The molecule has 5 nitrogen and oxygen atoms in total. The van der Waals surface area contributed by atoms with Crippen LogP contribution in [0.2, 0.25) is 0 Å². The third kappa shape index (κ3) is 5.88. The summed E-state index contributed by atoms with van der Waals surface area (Å²) in [6, 6.07) is 8.05. The first-order valence-corrected chi connectivity index (χ1v) is 9.29. The van der Waals surface area contributed by atoms with Gasteiger partial charge in [0.15, 0.2) is 11.8 Å². The van der Waals surface area contributed by atoms with E-state index in [-0.39, 0.29) is 5.56 Å². The van der Waals surface area contributed by atoms with Crippen molar-refractivity contribution in [2.45, 2.75) is 45.1 Å². The summed E-state index contributed by atoms with van der Waals surface area (Å²) in [6.45, 7) is 2.57. The predicted molar refractivity (Wildman–Crippen MR) is 102 cm³/mol. The SMILES string of the molecule is CCCCCCCNC(=O)C(C(=O)c1ccc(F)cc1)n1ccccc1=O. The van der Waals surface area contributed by atoms with Gasteiger partial charge in [0.05, 0.1) is 0 Å². The highest BCUT2D eigenvalue weighted by Crippen LogP contribution is 2.15. The molecular weight excluding hydrogens is 347 g/mol. The molecular formula is C21H25FN2O3. The van der Waals surface area contributed by atoms with E-state index in [0.29, 0.717) is 6.54 Å². The maximum absolute atomic E-state index is 13.1. The molecule has 1 atom stereocenters. The molecule has 1 unspecified atom stereocenters. The zero-order valence-corrected chi connectivity index (χ0v) is 15.5. The molecule has 0 saturated heterocycles. The summed E-state index contributed by atoms with van der Waals surface area (Å²) < 4.78 is 14.3. The standard InChI is InChI=1S/C21H25FN2O3/c1-2-3-4-5-7-14-23-21(27)19(24-15-8-6-9-18(24)25)20(26)16-10-12-17(22)13-11-16/h6,8-13,15,19H,2-5,7,14H2,1H3,(H,23,27). The number of carbonyl (C=O) groups excluding carboxylic acids is 2. The average Bonchev–Trinajstić information content (AvgIpc) is 2.67. The van der Waals surface area contributed by atoms with Crippen molar-refractivity contribution in [3.8, 4) is 0 Å². The van der Waals surface area contributed by atoms with Crippen LogP contribution in [0.5, 0.6) is 0 Å². The summed E-state index contributed by atoms with van der Waals surface area (Å²) in [6.07, 6.45) is 6.61. The van der Waals surface area contributed by atoms with Crippen LogP contribution in [0.4, 0.5) is 4.39 Å². The molecule has 0 spiro atoms. The minimum Gasteiger partial charge on any atom is -0.354 e. The zero-order chi connectivity index (χ0) is 19.6. The number of unbranched alkanes of at least 4 members (excludes halogenated alkanes) is 4. The molecule has 1 aromatic heterocycles. The number of carbonyl (C=O) groups is 2. The molecule has 0 aliphatic carbocycles. The lowest BCUT2D eigenvalue weighted by molar-refractivity contribution is -0.123. The Hall–Kier alpha value is -2.76. The largest absolute Gasteiger partial charge is 0.354 e. The minimum atomic E-state index is -1.32. The third-order valence-corrected chi connectivity index (χ3v) is 4.33. The Morgan fingerprint density at radius 1 is 1.04 bits per heavy atom. The second kappa shape index (κ2) is 10.4. The lowest BCUT2D eigenvalue weighted by atomic mass is 10.0. The van der Waals surface area contributed by atoms with Gasteiger partial charge in [0.25, 0.3) is 11.5 Å². The summed E-state index contributed by atoms with van der Waals surface area (Å²) in [5, 5.41) is 2.75. The normalized spacial score (nSPS) is 11.8. The van der Waals surface area contributed by atoms with Crippen LogP contribution in [-0.4, -0.2) is 22.8 Å². The van der Waals surface area contributed by atoms with Crippen LogP contribution < -0.4 is 10.9 Å². The van der Waals surface area contributed by atoms with Gasteiger partial charge >= 0.3 is 0 Å². The molecule has 0 aliphatic rings. The molecule has 0 aliphatic heterocycles. The maximum Gasteiger partial charge on any atom is 0.251 e. The number of hydrogen-bond acceptors (Lipinski definition) is 3. The van der Waals surface area contributed by atoms with Gasteiger partial charge in [-0.2, -0.15) is 0 Å². The Kier molecular flexibility index (Phi) is 7.92. The molecule has 6 heteroatoms. The van der Waals surface area contributed by atoms with Gasteiger partial charge in [0.2, 0.25) is 0 Å². The highest BCUT2D eigenvalue weighted by atomic mass is 19.1. The fraction of sp³-hybridized carbons (Fsp3) is 0.381. The van der Waals surface area contributed by atoms with Gasteiger partial charge in [-0.1, -0.05) is 38.7 Å². The topological polar surface area (TPSA) is 68.2 Å². The lowest BCUT2D eigenvalue weighted by Gasteiger charge is -2.18. The number of halogens is 1. The first-order chi connectivity index (χ1) is 13.0. The van der Waals surface area contributed by atoms with Crippen LogP contribution in [0.1, 0.15) is 55.4 Å². The number of Topliss-reactive ketones (excluding diaryl/α,β-unsaturated/α-hetero) is 1. The fourth-order valence-corrected chi connectivity index (χ4v) is 2.83. The second-order valence-corrected chi connectivity index (χ2v) is 6.43. The van der Waals surface area contributed by atoms with Crippen molar-refractivity contribution >= 4 is 11.7 Å². The van der Waals surface area contributed by atoms with Crippen molar-refractivity contribution in [2.24, 2.45) is 0 Å². The van der Waals surface area contributed by atoms with Crippen molar-refractivity contribution in [3.05, 3.63) is 70.4 Å².